The average molecular weight is 382 g/mol. The molecule has 0 radical (unpaired) electrons. The number of carboxylic acid groups (broad SMARTS) is 1. The van der Waals surface area contributed by atoms with E-state index in [0.717, 1.165) is 10.0 Å². The van der Waals surface area contributed by atoms with Crippen molar-refractivity contribution in [3.05, 3.63) is 33.7 Å². The molecule has 2 aromatic rings. The van der Waals surface area contributed by atoms with Gasteiger partial charge in [-0.05, 0) is 46.8 Å². The highest BCUT2D eigenvalue weighted by molar-refractivity contribution is 9.10. The number of nitrogens with one attached hydrogen (secondary N) is 1. The van der Waals surface area contributed by atoms with Crippen LogP contribution < -0.4 is 5.32 Å². The second kappa shape index (κ2) is 6.70. The molecule has 0 spiro atoms. The summed E-state index contributed by atoms with van der Waals surface area (Å²) in [5.74, 6) is -1.68. The normalized spacial score (nSPS) is 12.6. The zero-order valence-electron chi connectivity index (χ0n) is 13.6. The number of rotatable bonds is 5. The van der Waals surface area contributed by atoms with Gasteiger partial charge < -0.3 is 10.4 Å². The number of fused-ring (bicyclic) bond motifs is 1. The highest BCUT2D eigenvalue weighted by Gasteiger charge is 2.27. The Bertz CT molecular complexity index is 768. The second-order valence-corrected chi connectivity index (χ2v) is 6.71. The number of carbonyl (C=O) groups is 2. The van der Waals surface area contributed by atoms with Crippen LogP contribution >= 0.6 is 15.9 Å². The van der Waals surface area contributed by atoms with E-state index in [-0.39, 0.29) is 5.92 Å². The number of carboxylic acids is 1. The highest BCUT2D eigenvalue weighted by atomic mass is 79.9. The molecule has 2 heterocycles. The largest absolute Gasteiger partial charge is 0.480 e. The highest BCUT2D eigenvalue weighted by Crippen LogP contribution is 2.23. The third kappa shape index (κ3) is 3.39. The van der Waals surface area contributed by atoms with E-state index in [0.29, 0.717) is 23.5 Å². The molecule has 7 heteroatoms. The fourth-order valence-corrected chi connectivity index (χ4v) is 3.13. The lowest BCUT2D eigenvalue weighted by Gasteiger charge is -2.18. The van der Waals surface area contributed by atoms with Crippen LogP contribution in [0.3, 0.4) is 0 Å². The summed E-state index contributed by atoms with van der Waals surface area (Å²) in [6.45, 7) is 7.35. The first-order chi connectivity index (χ1) is 10.8. The smallest absolute Gasteiger partial charge is 0.326 e. The molecule has 2 rings (SSSR count). The summed E-state index contributed by atoms with van der Waals surface area (Å²) in [5, 5.41) is 11.9. The van der Waals surface area contributed by atoms with E-state index >= 15 is 0 Å². The monoisotopic (exact) mass is 381 g/mol. The van der Waals surface area contributed by atoms with Gasteiger partial charge in [0.15, 0.2) is 5.65 Å². The molecule has 0 bridgehead atoms. The first kappa shape index (κ1) is 17.5. The van der Waals surface area contributed by atoms with E-state index in [4.69, 9.17) is 0 Å². The molecule has 2 aromatic heterocycles. The van der Waals surface area contributed by atoms with Crippen LogP contribution in [0.4, 0.5) is 0 Å². The zero-order chi connectivity index (χ0) is 17.3. The lowest BCUT2D eigenvalue weighted by atomic mass is 10.0. The number of amides is 1. The molecule has 0 fully saturated rings. The number of aryl methyl sites for hydroxylation is 2. The molecule has 0 aliphatic rings. The average Bonchev–Trinajstić information content (AvgIpc) is 2.82. The Labute approximate surface area is 143 Å². The molecule has 0 aliphatic carbocycles. The van der Waals surface area contributed by atoms with Crippen LogP contribution in [0.25, 0.3) is 5.65 Å². The minimum absolute atomic E-state index is 0.214. The van der Waals surface area contributed by atoms with Gasteiger partial charge in [0.2, 0.25) is 0 Å². The van der Waals surface area contributed by atoms with E-state index in [1.807, 2.05) is 26.1 Å². The predicted molar refractivity (Wildman–Crippen MR) is 90.7 cm³/mol. The van der Waals surface area contributed by atoms with Crippen molar-refractivity contribution < 1.29 is 14.7 Å². The molecule has 1 unspecified atom stereocenters. The predicted octanol–water partition coefficient (Wildman–Crippen LogP) is 2.81. The Hall–Kier alpha value is -1.89. The number of aromatic nitrogens is 2. The minimum atomic E-state index is -1.04. The van der Waals surface area contributed by atoms with E-state index in [2.05, 4.69) is 26.2 Å². The van der Waals surface area contributed by atoms with E-state index in [9.17, 15) is 14.7 Å². The number of aliphatic carboxylic acids is 1. The van der Waals surface area contributed by atoms with Gasteiger partial charge in [-0.15, -0.1) is 0 Å². The lowest BCUT2D eigenvalue weighted by molar-refractivity contribution is -0.140. The molecule has 23 heavy (non-hydrogen) atoms. The molecule has 0 saturated carbocycles. The van der Waals surface area contributed by atoms with Crippen molar-refractivity contribution in [2.24, 2.45) is 5.92 Å². The molecule has 0 aliphatic heterocycles. The lowest BCUT2D eigenvalue weighted by Crippen LogP contribution is -2.44. The van der Waals surface area contributed by atoms with Crippen LogP contribution in [-0.4, -0.2) is 32.4 Å². The Morgan fingerprint density at radius 2 is 2.09 bits per heavy atom. The van der Waals surface area contributed by atoms with Crippen molar-refractivity contribution in [3.8, 4) is 0 Å². The molecule has 2 N–H and O–H groups in total. The first-order valence-electron chi connectivity index (χ1n) is 7.47. The summed E-state index contributed by atoms with van der Waals surface area (Å²) in [7, 11) is 0. The van der Waals surface area contributed by atoms with Gasteiger partial charge >= 0.3 is 5.97 Å². The van der Waals surface area contributed by atoms with E-state index in [1.54, 1.807) is 18.2 Å². The van der Waals surface area contributed by atoms with Gasteiger partial charge in [-0.3, -0.25) is 9.20 Å². The molecule has 0 aromatic carbocycles. The van der Waals surface area contributed by atoms with Crippen LogP contribution in [0.1, 0.15) is 42.5 Å². The summed E-state index contributed by atoms with van der Waals surface area (Å²) in [6.07, 6.45) is 2.40. The van der Waals surface area contributed by atoms with Gasteiger partial charge in [0.25, 0.3) is 5.91 Å². The van der Waals surface area contributed by atoms with Gasteiger partial charge in [-0.25, -0.2) is 9.78 Å². The first-order valence-corrected chi connectivity index (χ1v) is 8.26. The Morgan fingerprint density at radius 1 is 1.43 bits per heavy atom. The van der Waals surface area contributed by atoms with Gasteiger partial charge in [-0.2, -0.15) is 0 Å². The number of imidazole rings is 1. The van der Waals surface area contributed by atoms with Crippen LogP contribution in [0.2, 0.25) is 0 Å². The minimum Gasteiger partial charge on any atom is -0.480 e. The third-order valence-electron chi connectivity index (χ3n) is 3.65. The Morgan fingerprint density at radius 3 is 2.61 bits per heavy atom. The van der Waals surface area contributed by atoms with Crippen molar-refractivity contribution in [3.63, 3.8) is 0 Å². The third-order valence-corrected chi connectivity index (χ3v) is 4.24. The quantitative estimate of drug-likeness (QED) is 0.833. The van der Waals surface area contributed by atoms with Gasteiger partial charge in [0.05, 0.1) is 10.2 Å². The standard InChI is InChI=1S/C16H20BrN3O3/c1-5-11-13(15(21)19-12(8(2)3)16(22)23)20-7-9(4)6-10(17)14(20)18-11/h6-8,12H,5H2,1-4H3,(H,19,21)(H,22,23). The van der Waals surface area contributed by atoms with Gasteiger partial charge in [0, 0.05) is 6.20 Å². The molecular formula is C16H20BrN3O3. The molecule has 0 saturated heterocycles. The molecule has 124 valence electrons. The second-order valence-electron chi connectivity index (χ2n) is 5.85. The fourth-order valence-electron chi connectivity index (χ4n) is 2.49. The zero-order valence-corrected chi connectivity index (χ0v) is 15.1. The van der Waals surface area contributed by atoms with Gasteiger partial charge in [-0.1, -0.05) is 20.8 Å². The number of halogens is 1. The van der Waals surface area contributed by atoms with Crippen LogP contribution in [0.5, 0.6) is 0 Å². The van der Waals surface area contributed by atoms with Crippen molar-refractivity contribution >= 4 is 33.5 Å². The molecule has 6 nitrogen and oxygen atoms in total. The fraction of sp³-hybridized carbons (Fsp3) is 0.438. The number of hydrogen-bond acceptors (Lipinski definition) is 3. The summed E-state index contributed by atoms with van der Waals surface area (Å²) in [6, 6.07) is 0.989. The number of hydrogen-bond donors (Lipinski definition) is 2. The summed E-state index contributed by atoms with van der Waals surface area (Å²) < 4.78 is 2.51. The molecule has 1 amide bonds. The maximum absolute atomic E-state index is 12.7. The van der Waals surface area contributed by atoms with Crippen LogP contribution in [0.15, 0.2) is 16.7 Å². The van der Waals surface area contributed by atoms with Crippen molar-refractivity contribution in [1.29, 1.82) is 0 Å². The maximum Gasteiger partial charge on any atom is 0.326 e. The molecular weight excluding hydrogens is 362 g/mol. The van der Waals surface area contributed by atoms with Gasteiger partial charge in [0.1, 0.15) is 11.7 Å². The summed E-state index contributed by atoms with van der Waals surface area (Å²) in [5.41, 5.74) is 2.65. The number of carbonyl (C=O) groups excluding carboxylic acids is 1. The van der Waals surface area contributed by atoms with E-state index in [1.165, 1.54) is 0 Å². The Balaban J connectivity index is 2.53. The SMILES string of the molecule is CCc1nc2c(Br)cc(C)cn2c1C(=O)NC(C(=O)O)C(C)C. The summed E-state index contributed by atoms with van der Waals surface area (Å²) >= 11 is 3.46. The van der Waals surface area contributed by atoms with Crippen LogP contribution in [-0.2, 0) is 11.2 Å². The summed E-state index contributed by atoms with van der Waals surface area (Å²) in [4.78, 5) is 28.5. The van der Waals surface area contributed by atoms with E-state index < -0.39 is 17.9 Å². The topological polar surface area (TPSA) is 83.7 Å². The number of pyridine rings is 1. The van der Waals surface area contributed by atoms with Crippen molar-refractivity contribution in [2.45, 2.75) is 40.2 Å². The maximum atomic E-state index is 12.7. The molecule has 1 atom stereocenters. The number of nitrogens with zero attached hydrogens (tertiary/aromatic N) is 2. The van der Waals surface area contributed by atoms with Crippen molar-refractivity contribution in [2.75, 3.05) is 0 Å². The van der Waals surface area contributed by atoms with Crippen molar-refractivity contribution in [1.82, 2.24) is 14.7 Å². The van der Waals surface area contributed by atoms with Crippen LogP contribution in [0, 0.1) is 12.8 Å². The Kier molecular flexibility index (Phi) is 5.09.